The molecular weight excluding hydrogens is 242 g/mol. The van der Waals surface area contributed by atoms with Gasteiger partial charge in [0.2, 0.25) is 6.41 Å². The Balaban J connectivity index is 1.95. The van der Waals surface area contributed by atoms with Gasteiger partial charge >= 0.3 is 0 Å². The van der Waals surface area contributed by atoms with E-state index in [1.54, 1.807) is 23.2 Å². The molecule has 1 aromatic carbocycles. The lowest BCUT2D eigenvalue weighted by Gasteiger charge is -2.34. The van der Waals surface area contributed by atoms with E-state index in [1.807, 2.05) is 12.1 Å². The van der Waals surface area contributed by atoms with E-state index in [0.29, 0.717) is 0 Å². The molecule has 2 heterocycles. The fraction of sp³-hybridized carbons (Fsp3) is 0.286. The fourth-order valence-corrected chi connectivity index (χ4v) is 2.47. The number of carbonyl (C=O) groups excluding carboxylic acids is 1. The van der Waals surface area contributed by atoms with Crippen LogP contribution in [-0.4, -0.2) is 47.6 Å². The van der Waals surface area contributed by atoms with Gasteiger partial charge in [0.25, 0.3) is 0 Å². The van der Waals surface area contributed by atoms with Crippen molar-refractivity contribution in [2.24, 2.45) is 0 Å². The molecule has 0 radical (unpaired) electrons. The molecule has 1 saturated heterocycles. The third-order valence-corrected chi connectivity index (χ3v) is 3.51. The number of aromatic nitrogens is 1. The smallest absolute Gasteiger partial charge is 0.209 e. The third kappa shape index (κ3) is 2.19. The highest BCUT2D eigenvalue weighted by Gasteiger charge is 2.17. The Morgan fingerprint density at radius 1 is 1.16 bits per heavy atom. The monoisotopic (exact) mass is 257 g/mol. The van der Waals surface area contributed by atoms with Crippen molar-refractivity contribution in [3.63, 3.8) is 0 Å². The highest BCUT2D eigenvalue weighted by molar-refractivity contribution is 5.92. The summed E-state index contributed by atoms with van der Waals surface area (Å²) in [5.41, 5.74) is 1.89. The largest absolute Gasteiger partial charge is 0.508 e. The van der Waals surface area contributed by atoms with E-state index < -0.39 is 0 Å². The summed E-state index contributed by atoms with van der Waals surface area (Å²) in [5, 5.41) is 10.5. The topological polar surface area (TPSA) is 56.7 Å². The molecule has 5 nitrogen and oxygen atoms in total. The first-order valence-electron chi connectivity index (χ1n) is 6.30. The van der Waals surface area contributed by atoms with Gasteiger partial charge in [0.05, 0.1) is 5.52 Å². The predicted molar refractivity (Wildman–Crippen MR) is 73.3 cm³/mol. The first-order chi connectivity index (χ1) is 9.28. The number of nitrogens with zero attached hydrogens (tertiary/aromatic N) is 3. The maximum Gasteiger partial charge on any atom is 0.209 e. The number of amides is 1. The molecule has 1 aliphatic rings. The Morgan fingerprint density at radius 2 is 1.95 bits per heavy atom. The molecule has 1 aromatic heterocycles. The van der Waals surface area contributed by atoms with Gasteiger partial charge in [-0.2, -0.15) is 0 Å². The standard InChI is InChI=1S/C14H15N3O2/c18-10-16-5-7-17(8-6-16)14-3-4-15-13-9-11(19)1-2-12(13)14/h1-4,9-10,19H,5-8H2. The first-order valence-corrected chi connectivity index (χ1v) is 6.30. The number of phenolic OH excluding ortho intramolecular Hbond substituents is 1. The van der Waals surface area contributed by atoms with Crippen molar-refractivity contribution in [2.75, 3.05) is 31.1 Å². The van der Waals surface area contributed by atoms with E-state index in [4.69, 9.17) is 0 Å². The summed E-state index contributed by atoms with van der Waals surface area (Å²) >= 11 is 0. The Kier molecular flexibility index (Phi) is 2.95. The summed E-state index contributed by atoms with van der Waals surface area (Å²) in [5.74, 6) is 0.225. The summed E-state index contributed by atoms with van der Waals surface area (Å²) < 4.78 is 0. The zero-order chi connectivity index (χ0) is 13.2. The molecule has 1 fully saturated rings. The van der Waals surface area contributed by atoms with E-state index in [0.717, 1.165) is 49.2 Å². The number of aromatic hydroxyl groups is 1. The molecule has 0 spiro atoms. The molecule has 1 amide bonds. The molecule has 98 valence electrons. The third-order valence-electron chi connectivity index (χ3n) is 3.51. The van der Waals surface area contributed by atoms with Gasteiger partial charge < -0.3 is 14.9 Å². The maximum atomic E-state index is 10.7. The highest BCUT2D eigenvalue weighted by Crippen LogP contribution is 2.28. The average Bonchev–Trinajstić information content (AvgIpc) is 2.46. The van der Waals surface area contributed by atoms with E-state index >= 15 is 0 Å². The van der Waals surface area contributed by atoms with Gasteiger partial charge in [-0.1, -0.05) is 0 Å². The SMILES string of the molecule is O=CN1CCN(c2ccnc3cc(O)ccc23)CC1. The quantitative estimate of drug-likeness (QED) is 0.822. The number of pyridine rings is 1. The number of anilines is 1. The second-order valence-corrected chi connectivity index (χ2v) is 4.66. The zero-order valence-electron chi connectivity index (χ0n) is 10.5. The summed E-state index contributed by atoms with van der Waals surface area (Å²) in [7, 11) is 0. The fourth-order valence-electron chi connectivity index (χ4n) is 2.47. The predicted octanol–water partition coefficient (Wildman–Crippen LogP) is 1.22. The minimum Gasteiger partial charge on any atom is -0.508 e. The van der Waals surface area contributed by atoms with Crippen molar-refractivity contribution in [1.82, 2.24) is 9.88 Å². The van der Waals surface area contributed by atoms with E-state index in [9.17, 15) is 9.90 Å². The van der Waals surface area contributed by atoms with E-state index in [2.05, 4.69) is 9.88 Å². The Bertz CT molecular complexity index is 607. The Morgan fingerprint density at radius 3 is 2.68 bits per heavy atom. The molecule has 1 N–H and O–H groups in total. The summed E-state index contributed by atoms with van der Waals surface area (Å²) in [4.78, 5) is 19.0. The molecule has 2 aromatic rings. The van der Waals surface area contributed by atoms with E-state index in [-0.39, 0.29) is 5.75 Å². The maximum absolute atomic E-state index is 10.7. The number of benzene rings is 1. The van der Waals surface area contributed by atoms with Crippen molar-refractivity contribution >= 4 is 23.0 Å². The van der Waals surface area contributed by atoms with Crippen LogP contribution in [0.3, 0.4) is 0 Å². The van der Waals surface area contributed by atoms with Crippen LogP contribution < -0.4 is 4.90 Å². The zero-order valence-corrected chi connectivity index (χ0v) is 10.5. The highest BCUT2D eigenvalue weighted by atomic mass is 16.3. The summed E-state index contributed by atoms with van der Waals surface area (Å²) in [6.07, 6.45) is 2.66. The van der Waals surface area contributed by atoms with Crippen molar-refractivity contribution in [2.45, 2.75) is 0 Å². The van der Waals surface area contributed by atoms with Gasteiger partial charge in [0.1, 0.15) is 5.75 Å². The van der Waals surface area contributed by atoms with Gasteiger partial charge in [0, 0.05) is 49.5 Å². The lowest BCUT2D eigenvalue weighted by Crippen LogP contribution is -2.45. The van der Waals surface area contributed by atoms with Crippen molar-refractivity contribution in [3.8, 4) is 5.75 Å². The van der Waals surface area contributed by atoms with Crippen LogP contribution in [0, 0.1) is 0 Å². The second kappa shape index (κ2) is 4.76. The molecule has 0 bridgehead atoms. The van der Waals surface area contributed by atoms with Crippen LogP contribution in [-0.2, 0) is 4.79 Å². The van der Waals surface area contributed by atoms with Crippen LogP contribution in [0.4, 0.5) is 5.69 Å². The summed E-state index contributed by atoms with van der Waals surface area (Å²) in [6.45, 7) is 3.12. The number of fused-ring (bicyclic) bond motifs is 1. The van der Waals surface area contributed by atoms with Gasteiger partial charge in [-0.05, 0) is 18.2 Å². The van der Waals surface area contributed by atoms with Gasteiger partial charge in [-0.15, -0.1) is 0 Å². The first kappa shape index (κ1) is 11.8. The number of phenols is 1. The number of hydrogen-bond acceptors (Lipinski definition) is 4. The van der Waals surface area contributed by atoms with Gasteiger partial charge in [-0.3, -0.25) is 9.78 Å². The van der Waals surface area contributed by atoms with Crippen LogP contribution in [0.2, 0.25) is 0 Å². The minimum absolute atomic E-state index is 0.225. The number of rotatable bonds is 2. The van der Waals surface area contributed by atoms with Gasteiger partial charge in [-0.25, -0.2) is 0 Å². The molecule has 0 aliphatic carbocycles. The molecule has 0 atom stereocenters. The normalized spacial score (nSPS) is 15.8. The van der Waals surface area contributed by atoms with Crippen LogP contribution in [0.5, 0.6) is 5.75 Å². The molecule has 5 heteroatoms. The molecule has 0 saturated carbocycles. The van der Waals surface area contributed by atoms with Crippen molar-refractivity contribution in [3.05, 3.63) is 30.5 Å². The molecule has 19 heavy (non-hydrogen) atoms. The van der Waals surface area contributed by atoms with E-state index in [1.165, 1.54) is 0 Å². The lowest BCUT2D eigenvalue weighted by atomic mass is 10.1. The molecule has 1 aliphatic heterocycles. The Labute approximate surface area is 111 Å². The van der Waals surface area contributed by atoms with Crippen LogP contribution in [0.15, 0.2) is 30.5 Å². The van der Waals surface area contributed by atoms with Crippen LogP contribution in [0.1, 0.15) is 0 Å². The number of carbonyl (C=O) groups is 1. The van der Waals surface area contributed by atoms with Crippen molar-refractivity contribution in [1.29, 1.82) is 0 Å². The number of hydrogen-bond donors (Lipinski definition) is 1. The molecular formula is C14H15N3O2. The average molecular weight is 257 g/mol. The molecule has 0 unspecified atom stereocenters. The Hall–Kier alpha value is -2.30. The summed E-state index contributed by atoms with van der Waals surface area (Å²) in [6, 6.07) is 7.21. The second-order valence-electron chi connectivity index (χ2n) is 4.66. The van der Waals surface area contributed by atoms with Crippen LogP contribution >= 0.6 is 0 Å². The molecule has 3 rings (SSSR count). The van der Waals surface area contributed by atoms with Gasteiger partial charge in [0.15, 0.2) is 0 Å². The minimum atomic E-state index is 0.225. The van der Waals surface area contributed by atoms with Crippen LogP contribution in [0.25, 0.3) is 10.9 Å². The lowest BCUT2D eigenvalue weighted by molar-refractivity contribution is -0.118. The number of piperazine rings is 1. The van der Waals surface area contributed by atoms with Crippen molar-refractivity contribution < 1.29 is 9.90 Å².